The second kappa shape index (κ2) is 7.98. The molecule has 2 aromatic rings. The zero-order chi connectivity index (χ0) is 19.6. The molecule has 146 valence electrons. The summed E-state index contributed by atoms with van der Waals surface area (Å²) in [5.41, 5.74) is 0.219. The fraction of sp³-hybridized carbons (Fsp3) is 0.474. The topological polar surface area (TPSA) is 45.2 Å². The van der Waals surface area contributed by atoms with Gasteiger partial charge in [0.25, 0.3) is 0 Å². The fourth-order valence-electron chi connectivity index (χ4n) is 3.31. The van der Waals surface area contributed by atoms with Crippen molar-refractivity contribution in [3.05, 3.63) is 34.7 Å². The first-order valence-electron chi connectivity index (χ1n) is 8.93. The number of anilines is 1. The van der Waals surface area contributed by atoms with Crippen molar-refractivity contribution < 1.29 is 18.0 Å². The van der Waals surface area contributed by atoms with Gasteiger partial charge in [-0.25, -0.2) is 4.98 Å². The molecule has 1 fully saturated rings. The van der Waals surface area contributed by atoms with E-state index in [2.05, 4.69) is 22.1 Å². The van der Waals surface area contributed by atoms with Crippen molar-refractivity contribution in [2.24, 2.45) is 0 Å². The number of hydrogen-bond acceptors (Lipinski definition) is 4. The predicted molar refractivity (Wildman–Crippen MR) is 101 cm³/mol. The van der Waals surface area contributed by atoms with Crippen LogP contribution in [0.15, 0.2) is 24.3 Å². The Kier molecular flexibility index (Phi) is 5.86. The van der Waals surface area contributed by atoms with Gasteiger partial charge >= 0.3 is 6.18 Å². The van der Waals surface area contributed by atoms with E-state index in [9.17, 15) is 18.0 Å². The maximum atomic E-state index is 13.1. The molecule has 1 N–H and O–H groups in total. The molecule has 0 saturated carbocycles. The number of nitrogens with zero attached hydrogens (tertiary/aromatic N) is 2. The van der Waals surface area contributed by atoms with Gasteiger partial charge < -0.3 is 5.32 Å². The third-order valence-electron chi connectivity index (χ3n) is 4.73. The first-order valence-corrected chi connectivity index (χ1v) is 9.74. The second-order valence-electron chi connectivity index (χ2n) is 6.87. The molecular weight excluding hydrogens is 375 g/mol. The zero-order valence-electron chi connectivity index (χ0n) is 15.3. The minimum atomic E-state index is -4.41. The van der Waals surface area contributed by atoms with Gasteiger partial charge in [0.15, 0.2) is 5.13 Å². The van der Waals surface area contributed by atoms with Gasteiger partial charge in [-0.3, -0.25) is 9.69 Å². The lowest BCUT2D eigenvalue weighted by molar-refractivity contribution is -0.137. The highest BCUT2D eigenvalue weighted by molar-refractivity contribution is 7.16. The molecule has 0 bridgehead atoms. The normalized spacial score (nSPS) is 18.5. The summed E-state index contributed by atoms with van der Waals surface area (Å²) in [6.07, 6.45) is -0.997. The standard InChI is InChI=1S/C19H22F3N3OS/c1-12-6-3-4-9-25(12)11-16-17(24-18(27-16)23-13(2)26)14-7-5-8-15(10-14)19(20,21)22/h5,7-8,10,12H,3-4,6,9,11H2,1-2H3,(H,23,24,26). The van der Waals surface area contributed by atoms with E-state index in [1.807, 2.05) is 0 Å². The minimum absolute atomic E-state index is 0.253. The van der Waals surface area contributed by atoms with E-state index in [0.717, 1.165) is 36.4 Å². The lowest BCUT2D eigenvalue weighted by Crippen LogP contribution is -2.36. The predicted octanol–water partition coefficient (Wildman–Crippen LogP) is 5.16. The average molecular weight is 397 g/mol. The number of thiazole rings is 1. The Labute approximate surface area is 160 Å². The second-order valence-corrected chi connectivity index (χ2v) is 7.95. The van der Waals surface area contributed by atoms with Crippen LogP contribution in [0.5, 0.6) is 0 Å². The number of halogens is 3. The molecule has 1 aromatic carbocycles. The molecule has 1 amide bonds. The molecule has 27 heavy (non-hydrogen) atoms. The van der Waals surface area contributed by atoms with Crippen LogP contribution < -0.4 is 5.32 Å². The Hall–Kier alpha value is -1.93. The van der Waals surface area contributed by atoms with Gasteiger partial charge in [-0.05, 0) is 38.4 Å². The number of carbonyl (C=O) groups is 1. The van der Waals surface area contributed by atoms with E-state index in [4.69, 9.17) is 0 Å². The quantitative estimate of drug-likeness (QED) is 0.775. The Morgan fingerprint density at radius 2 is 2.15 bits per heavy atom. The van der Waals surface area contributed by atoms with Crippen LogP contribution in [-0.4, -0.2) is 28.4 Å². The molecule has 4 nitrogen and oxygen atoms in total. The number of carbonyl (C=O) groups excluding carboxylic acids is 1. The van der Waals surface area contributed by atoms with Gasteiger partial charge in [0.2, 0.25) is 5.91 Å². The number of aromatic nitrogens is 1. The number of hydrogen-bond donors (Lipinski definition) is 1. The van der Waals surface area contributed by atoms with Crippen molar-refractivity contribution in [2.75, 3.05) is 11.9 Å². The number of alkyl halides is 3. The smallest absolute Gasteiger partial charge is 0.302 e. The number of benzene rings is 1. The third kappa shape index (κ3) is 4.87. The SMILES string of the molecule is CC(=O)Nc1nc(-c2cccc(C(F)(F)F)c2)c(CN2CCCCC2C)s1. The van der Waals surface area contributed by atoms with Crippen molar-refractivity contribution in [1.29, 1.82) is 0 Å². The highest BCUT2D eigenvalue weighted by Gasteiger charge is 2.31. The Morgan fingerprint density at radius 1 is 1.37 bits per heavy atom. The average Bonchev–Trinajstić information content (AvgIpc) is 2.98. The van der Waals surface area contributed by atoms with Gasteiger partial charge in [0, 0.05) is 30.0 Å². The molecule has 8 heteroatoms. The van der Waals surface area contributed by atoms with Gasteiger partial charge in [-0.15, -0.1) is 0 Å². The van der Waals surface area contributed by atoms with Gasteiger partial charge in [-0.2, -0.15) is 13.2 Å². The molecule has 0 aliphatic carbocycles. The number of piperidine rings is 1. The molecular formula is C19H22F3N3OS. The lowest BCUT2D eigenvalue weighted by Gasteiger charge is -2.33. The van der Waals surface area contributed by atoms with Gasteiger partial charge in [0.1, 0.15) is 0 Å². The van der Waals surface area contributed by atoms with Crippen LogP contribution in [-0.2, 0) is 17.5 Å². The largest absolute Gasteiger partial charge is 0.416 e. The van der Waals surface area contributed by atoms with E-state index >= 15 is 0 Å². The monoisotopic (exact) mass is 397 g/mol. The van der Waals surface area contributed by atoms with E-state index in [-0.39, 0.29) is 5.91 Å². The van der Waals surface area contributed by atoms with Crippen LogP contribution in [0.2, 0.25) is 0 Å². The maximum absolute atomic E-state index is 13.1. The van der Waals surface area contributed by atoms with Crippen molar-refractivity contribution in [3.63, 3.8) is 0 Å². The summed E-state index contributed by atoms with van der Waals surface area (Å²) < 4.78 is 39.3. The van der Waals surface area contributed by atoms with E-state index < -0.39 is 11.7 Å². The number of amides is 1. The highest BCUT2D eigenvalue weighted by atomic mass is 32.1. The van der Waals surface area contributed by atoms with Crippen molar-refractivity contribution in [2.45, 2.75) is 51.9 Å². The van der Waals surface area contributed by atoms with Gasteiger partial charge in [0.05, 0.1) is 11.3 Å². The number of rotatable bonds is 4. The summed E-state index contributed by atoms with van der Waals surface area (Å²) in [6.45, 7) is 5.12. The lowest BCUT2D eigenvalue weighted by atomic mass is 10.0. The van der Waals surface area contributed by atoms with Crippen molar-refractivity contribution in [3.8, 4) is 11.3 Å². The summed E-state index contributed by atoms with van der Waals surface area (Å²) in [4.78, 5) is 19.0. The van der Waals surface area contributed by atoms with Crippen LogP contribution in [0, 0.1) is 0 Å². The summed E-state index contributed by atoms with van der Waals surface area (Å²) >= 11 is 1.33. The first kappa shape index (κ1) is 19.8. The number of nitrogens with one attached hydrogen (secondary N) is 1. The Morgan fingerprint density at radius 3 is 2.81 bits per heavy atom. The molecule has 1 aliphatic rings. The summed E-state index contributed by atoms with van der Waals surface area (Å²) in [5, 5.41) is 3.07. The molecule has 1 aliphatic heterocycles. The Balaban J connectivity index is 1.97. The van der Waals surface area contributed by atoms with Crippen LogP contribution in [0.4, 0.5) is 18.3 Å². The fourth-order valence-corrected chi connectivity index (χ4v) is 4.36. The third-order valence-corrected chi connectivity index (χ3v) is 5.69. The van der Waals surface area contributed by atoms with Crippen LogP contribution in [0.1, 0.15) is 43.6 Å². The van der Waals surface area contributed by atoms with Crippen molar-refractivity contribution in [1.82, 2.24) is 9.88 Å². The van der Waals surface area contributed by atoms with E-state index in [1.165, 1.54) is 30.7 Å². The van der Waals surface area contributed by atoms with Gasteiger partial charge in [-0.1, -0.05) is 29.9 Å². The number of likely N-dealkylation sites (tertiary alicyclic amines) is 1. The summed E-state index contributed by atoms with van der Waals surface area (Å²) in [7, 11) is 0. The molecule has 2 heterocycles. The molecule has 0 spiro atoms. The Bertz CT molecular complexity index is 819. The van der Waals surface area contributed by atoms with E-state index in [1.54, 1.807) is 6.07 Å². The van der Waals surface area contributed by atoms with Crippen molar-refractivity contribution >= 4 is 22.4 Å². The first-order chi connectivity index (χ1) is 12.7. The van der Waals surface area contributed by atoms with E-state index in [0.29, 0.717) is 29.0 Å². The minimum Gasteiger partial charge on any atom is -0.302 e. The summed E-state index contributed by atoms with van der Waals surface area (Å²) in [6, 6.07) is 5.61. The van der Waals surface area contributed by atoms with Crippen LogP contribution in [0.25, 0.3) is 11.3 Å². The molecule has 3 rings (SSSR count). The summed E-state index contributed by atoms with van der Waals surface area (Å²) in [5.74, 6) is -0.253. The molecule has 1 aromatic heterocycles. The molecule has 1 atom stereocenters. The zero-order valence-corrected chi connectivity index (χ0v) is 16.1. The maximum Gasteiger partial charge on any atom is 0.416 e. The highest BCUT2D eigenvalue weighted by Crippen LogP contribution is 2.36. The van der Waals surface area contributed by atoms with Crippen LogP contribution in [0.3, 0.4) is 0 Å². The molecule has 1 saturated heterocycles. The molecule has 1 unspecified atom stereocenters. The molecule has 0 radical (unpaired) electrons. The van der Waals surface area contributed by atoms with Crippen LogP contribution >= 0.6 is 11.3 Å².